The predicted molar refractivity (Wildman–Crippen MR) is 126 cm³/mol. The van der Waals surface area contributed by atoms with E-state index in [9.17, 15) is 4.79 Å². The zero-order valence-electron chi connectivity index (χ0n) is 18.2. The molecule has 4 aromatic rings. The molecule has 33 heavy (non-hydrogen) atoms. The topological polar surface area (TPSA) is 94.0 Å². The molecule has 1 unspecified atom stereocenters. The van der Waals surface area contributed by atoms with Crippen molar-refractivity contribution in [3.63, 3.8) is 0 Å². The largest absolute Gasteiger partial charge is 0.497 e. The van der Waals surface area contributed by atoms with Gasteiger partial charge in [-0.25, -0.2) is 4.68 Å². The number of benzene rings is 2. The Hall–Kier alpha value is -4.46. The summed E-state index contributed by atoms with van der Waals surface area (Å²) in [6.45, 7) is 1.87. The van der Waals surface area contributed by atoms with E-state index in [4.69, 9.17) is 14.8 Å². The number of carbonyl (C=O) groups excluding carboxylic acids is 1. The first-order valence-corrected chi connectivity index (χ1v) is 10.5. The highest BCUT2D eigenvalue weighted by Crippen LogP contribution is 2.36. The summed E-state index contributed by atoms with van der Waals surface area (Å²) in [5, 5.41) is 11.0. The van der Waals surface area contributed by atoms with E-state index in [1.54, 1.807) is 24.2 Å². The number of allylic oxidation sites excluding steroid dienone is 1. The van der Waals surface area contributed by atoms with Gasteiger partial charge in [-0.05, 0) is 48.9 Å². The van der Waals surface area contributed by atoms with Crippen molar-refractivity contribution >= 4 is 17.5 Å². The van der Waals surface area contributed by atoms with Crippen molar-refractivity contribution in [2.45, 2.75) is 13.0 Å². The number of hydrogen-bond acceptors (Lipinski definition) is 6. The molecular formula is C25H22N6O2. The maximum absolute atomic E-state index is 13.4. The normalized spacial score (nSPS) is 14.9. The third kappa shape index (κ3) is 3.94. The fraction of sp³-hybridized carbons (Fsp3) is 0.120. The Balaban J connectivity index is 1.59. The number of hydrogen-bond donors (Lipinski definition) is 2. The van der Waals surface area contributed by atoms with Crippen LogP contribution in [0.4, 0.5) is 11.6 Å². The molecule has 0 bridgehead atoms. The van der Waals surface area contributed by atoms with Gasteiger partial charge in [-0.1, -0.05) is 30.3 Å². The smallest absolute Gasteiger partial charge is 0.255 e. The number of pyridine rings is 1. The third-order valence-corrected chi connectivity index (χ3v) is 5.48. The van der Waals surface area contributed by atoms with E-state index in [1.807, 2.05) is 73.7 Å². The molecule has 0 radical (unpaired) electrons. The molecule has 1 aliphatic heterocycles. The molecule has 0 saturated carbocycles. The molecule has 0 fully saturated rings. The molecule has 0 spiro atoms. The van der Waals surface area contributed by atoms with Crippen LogP contribution < -0.4 is 15.4 Å². The first-order valence-electron chi connectivity index (χ1n) is 10.5. The Morgan fingerprint density at radius 1 is 1.06 bits per heavy atom. The fourth-order valence-electron chi connectivity index (χ4n) is 3.90. The summed E-state index contributed by atoms with van der Waals surface area (Å²) in [6.07, 6.45) is 3.41. The second-order valence-corrected chi connectivity index (χ2v) is 7.60. The first-order chi connectivity index (χ1) is 16.1. The zero-order valence-corrected chi connectivity index (χ0v) is 18.2. The van der Waals surface area contributed by atoms with Gasteiger partial charge in [0.25, 0.3) is 5.91 Å². The number of anilines is 2. The lowest BCUT2D eigenvalue weighted by molar-refractivity contribution is -0.113. The number of ether oxygens (including phenoxy) is 1. The standard InChI is InChI=1S/C25H22N6O2/c1-16-21(24(32)28-19-8-4-3-5-9-19)22(17-11-13-26-14-12-17)31-25(27-16)29-23(30-31)18-7-6-10-20(15-18)33-2/h3-15,22H,1-2H3,(H,28,32)(H,27,29,30). The second-order valence-electron chi connectivity index (χ2n) is 7.60. The van der Waals surface area contributed by atoms with Crippen molar-refractivity contribution in [2.75, 3.05) is 17.7 Å². The van der Waals surface area contributed by atoms with E-state index >= 15 is 0 Å². The summed E-state index contributed by atoms with van der Waals surface area (Å²) >= 11 is 0. The number of carbonyl (C=O) groups is 1. The van der Waals surface area contributed by atoms with E-state index in [-0.39, 0.29) is 5.91 Å². The Kier molecular flexibility index (Phi) is 5.32. The van der Waals surface area contributed by atoms with Crippen LogP contribution in [0.25, 0.3) is 11.4 Å². The average Bonchev–Trinajstić information content (AvgIpc) is 3.28. The molecule has 0 saturated heterocycles. The average molecular weight is 438 g/mol. The molecule has 1 amide bonds. The van der Waals surface area contributed by atoms with E-state index in [2.05, 4.69) is 15.6 Å². The van der Waals surface area contributed by atoms with Gasteiger partial charge in [0, 0.05) is 29.3 Å². The molecule has 3 heterocycles. The van der Waals surface area contributed by atoms with Crippen molar-refractivity contribution in [1.29, 1.82) is 0 Å². The highest BCUT2D eigenvalue weighted by molar-refractivity contribution is 6.06. The van der Waals surface area contributed by atoms with Crippen LogP contribution in [0.15, 0.2) is 90.4 Å². The number of para-hydroxylation sites is 1. The van der Waals surface area contributed by atoms with E-state index in [0.29, 0.717) is 23.0 Å². The zero-order chi connectivity index (χ0) is 22.8. The van der Waals surface area contributed by atoms with Crippen LogP contribution in [0, 0.1) is 0 Å². The van der Waals surface area contributed by atoms with Gasteiger partial charge in [-0.3, -0.25) is 9.78 Å². The molecule has 2 aromatic heterocycles. The molecule has 8 heteroatoms. The molecule has 2 aromatic carbocycles. The molecule has 0 aliphatic carbocycles. The van der Waals surface area contributed by atoms with Crippen LogP contribution in [0.2, 0.25) is 0 Å². The summed E-state index contributed by atoms with van der Waals surface area (Å²) < 4.78 is 7.09. The van der Waals surface area contributed by atoms with Gasteiger partial charge in [0.1, 0.15) is 11.8 Å². The van der Waals surface area contributed by atoms with Gasteiger partial charge in [-0.2, -0.15) is 4.98 Å². The number of fused-ring (bicyclic) bond motifs is 1. The van der Waals surface area contributed by atoms with Crippen LogP contribution in [-0.4, -0.2) is 32.8 Å². The molecule has 5 rings (SSSR count). The van der Waals surface area contributed by atoms with Crippen LogP contribution in [0.1, 0.15) is 18.5 Å². The third-order valence-electron chi connectivity index (χ3n) is 5.48. The fourth-order valence-corrected chi connectivity index (χ4v) is 3.90. The summed E-state index contributed by atoms with van der Waals surface area (Å²) in [5.41, 5.74) is 3.69. The quantitative estimate of drug-likeness (QED) is 0.483. The first kappa shape index (κ1) is 20.4. The van der Waals surface area contributed by atoms with Gasteiger partial charge in [-0.15, -0.1) is 5.10 Å². The summed E-state index contributed by atoms with van der Waals surface area (Å²) in [5.74, 6) is 1.60. The predicted octanol–water partition coefficient (Wildman–Crippen LogP) is 4.28. The molecular weight excluding hydrogens is 416 g/mol. The van der Waals surface area contributed by atoms with Gasteiger partial charge < -0.3 is 15.4 Å². The lowest BCUT2D eigenvalue weighted by Crippen LogP contribution is -2.31. The lowest BCUT2D eigenvalue weighted by Gasteiger charge is -2.28. The van der Waals surface area contributed by atoms with Crippen molar-refractivity contribution in [1.82, 2.24) is 19.7 Å². The van der Waals surface area contributed by atoms with E-state index in [0.717, 1.165) is 22.6 Å². The minimum atomic E-state index is -0.472. The number of methoxy groups -OCH3 is 1. The van der Waals surface area contributed by atoms with Gasteiger partial charge in [0.05, 0.1) is 12.7 Å². The van der Waals surface area contributed by atoms with Crippen molar-refractivity contribution in [3.05, 3.63) is 96.0 Å². The monoisotopic (exact) mass is 438 g/mol. The minimum absolute atomic E-state index is 0.211. The van der Waals surface area contributed by atoms with Crippen LogP contribution >= 0.6 is 0 Å². The van der Waals surface area contributed by atoms with E-state index < -0.39 is 6.04 Å². The van der Waals surface area contributed by atoms with Crippen LogP contribution in [0.5, 0.6) is 5.75 Å². The lowest BCUT2D eigenvalue weighted by atomic mass is 9.96. The van der Waals surface area contributed by atoms with Crippen LogP contribution in [-0.2, 0) is 4.79 Å². The molecule has 1 aliphatic rings. The van der Waals surface area contributed by atoms with Crippen molar-refractivity contribution in [2.24, 2.45) is 0 Å². The van der Waals surface area contributed by atoms with Gasteiger partial charge in [0.15, 0.2) is 5.82 Å². The van der Waals surface area contributed by atoms with E-state index in [1.165, 1.54) is 0 Å². The van der Waals surface area contributed by atoms with Crippen molar-refractivity contribution in [3.8, 4) is 17.1 Å². The SMILES string of the molecule is COc1cccc(-c2nc3n(n2)C(c2ccncc2)C(C(=O)Nc2ccccc2)=C(C)N3)c1. The van der Waals surface area contributed by atoms with Gasteiger partial charge >= 0.3 is 0 Å². The number of rotatable bonds is 5. The molecule has 2 N–H and O–H groups in total. The summed E-state index contributed by atoms with van der Waals surface area (Å²) in [6, 6.07) is 20.2. The Bertz CT molecular complexity index is 1330. The molecule has 1 atom stereocenters. The second kappa shape index (κ2) is 8.58. The van der Waals surface area contributed by atoms with Crippen molar-refractivity contribution < 1.29 is 9.53 Å². The Morgan fingerprint density at radius 3 is 2.61 bits per heavy atom. The minimum Gasteiger partial charge on any atom is -0.497 e. The Labute approximate surface area is 191 Å². The molecule has 8 nitrogen and oxygen atoms in total. The Morgan fingerprint density at radius 2 is 1.85 bits per heavy atom. The number of nitrogens with one attached hydrogen (secondary N) is 2. The highest BCUT2D eigenvalue weighted by Gasteiger charge is 2.34. The molecule has 164 valence electrons. The summed E-state index contributed by atoms with van der Waals surface area (Å²) in [7, 11) is 1.62. The maximum Gasteiger partial charge on any atom is 0.255 e. The van der Waals surface area contributed by atoms with Gasteiger partial charge in [0.2, 0.25) is 5.95 Å². The summed E-state index contributed by atoms with van der Waals surface area (Å²) in [4.78, 5) is 22.3. The highest BCUT2D eigenvalue weighted by atomic mass is 16.5. The maximum atomic E-state index is 13.4. The number of nitrogens with zero attached hydrogens (tertiary/aromatic N) is 4. The number of aromatic nitrogens is 4. The number of amides is 1. The van der Waals surface area contributed by atoms with Crippen LogP contribution in [0.3, 0.4) is 0 Å².